The van der Waals surface area contributed by atoms with Crippen molar-refractivity contribution in [3.05, 3.63) is 88.9 Å². The fourth-order valence-corrected chi connectivity index (χ4v) is 2.52. The van der Waals surface area contributed by atoms with E-state index in [1.54, 1.807) is 18.2 Å². The first kappa shape index (κ1) is 16.9. The predicted octanol–water partition coefficient (Wildman–Crippen LogP) is 4.88. The minimum atomic E-state index is -0.343. The van der Waals surface area contributed by atoms with E-state index in [1.807, 2.05) is 42.5 Å². The lowest BCUT2D eigenvalue weighted by molar-refractivity contribution is 0.102. The zero-order valence-electron chi connectivity index (χ0n) is 13.3. The number of rotatable bonds is 5. The number of anilines is 1. The summed E-state index contributed by atoms with van der Waals surface area (Å²) in [6.45, 7) is 0.259. The Morgan fingerprint density at radius 1 is 1.00 bits per heavy atom. The number of ether oxygens (including phenoxy) is 1. The Hall–Kier alpha value is -2.98. The highest BCUT2D eigenvalue weighted by atomic mass is 35.5. The van der Waals surface area contributed by atoms with Crippen LogP contribution in [0.5, 0.6) is 11.5 Å². The van der Waals surface area contributed by atoms with Crippen molar-refractivity contribution in [2.24, 2.45) is 0 Å². The molecule has 3 rings (SSSR count). The topological polar surface area (TPSA) is 58.6 Å². The number of hydrogen-bond acceptors (Lipinski definition) is 3. The summed E-state index contributed by atoms with van der Waals surface area (Å²) in [7, 11) is 0. The molecule has 0 aromatic heterocycles. The maximum Gasteiger partial charge on any atom is 0.256 e. The molecule has 3 aromatic carbocycles. The standard InChI is InChI=1S/C20H16ClNO3/c21-15-10-11-19(23)18(12-15)22-20(24)17-9-5-4-6-14(17)13-25-16-7-2-1-3-8-16/h1-12,23H,13H2,(H,22,24). The summed E-state index contributed by atoms with van der Waals surface area (Å²) in [6.07, 6.45) is 0. The van der Waals surface area contributed by atoms with E-state index < -0.39 is 0 Å². The lowest BCUT2D eigenvalue weighted by Crippen LogP contribution is -2.15. The highest BCUT2D eigenvalue weighted by Gasteiger charge is 2.13. The minimum Gasteiger partial charge on any atom is -0.506 e. The van der Waals surface area contributed by atoms with Crippen molar-refractivity contribution in [3.8, 4) is 11.5 Å². The van der Waals surface area contributed by atoms with Gasteiger partial charge in [-0.05, 0) is 36.4 Å². The third kappa shape index (κ3) is 4.31. The molecule has 126 valence electrons. The van der Waals surface area contributed by atoms with E-state index >= 15 is 0 Å². The number of nitrogens with one attached hydrogen (secondary N) is 1. The van der Waals surface area contributed by atoms with Gasteiger partial charge in [0.15, 0.2) is 0 Å². The van der Waals surface area contributed by atoms with Gasteiger partial charge < -0.3 is 15.2 Å². The van der Waals surface area contributed by atoms with Crippen molar-refractivity contribution in [1.29, 1.82) is 0 Å². The Bertz CT molecular complexity index is 881. The lowest BCUT2D eigenvalue weighted by Gasteiger charge is -2.12. The predicted molar refractivity (Wildman–Crippen MR) is 98.3 cm³/mol. The van der Waals surface area contributed by atoms with Crippen molar-refractivity contribution >= 4 is 23.2 Å². The second kappa shape index (κ2) is 7.73. The van der Waals surface area contributed by atoms with Gasteiger partial charge in [0.1, 0.15) is 18.1 Å². The Balaban J connectivity index is 1.77. The molecule has 5 heteroatoms. The van der Waals surface area contributed by atoms with Crippen LogP contribution in [0.1, 0.15) is 15.9 Å². The first-order valence-corrected chi connectivity index (χ1v) is 8.07. The summed E-state index contributed by atoms with van der Waals surface area (Å²) in [5.41, 5.74) is 1.47. The van der Waals surface area contributed by atoms with E-state index in [2.05, 4.69) is 5.32 Å². The number of benzene rings is 3. The van der Waals surface area contributed by atoms with Gasteiger partial charge in [0.05, 0.1) is 5.69 Å². The molecule has 1 amide bonds. The summed E-state index contributed by atoms with van der Waals surface area (Å²) >= 11 is 5.91. The van der Waals surface area contributed by atoms with Crippen molar-refractivity contribution in [2.75, 3.05) is 5.32 Å². The highest BCUT2D eigenvalue weighted by Crippen LogP contribution is 2.27. The van der Waals surface area contributed by atoms with Gasteiger partial charge in [-0.2, -0.15) is 0 Å². The number of amides is 1. The van der Waals surface area contributed by atoms with Crippen LogP contribution in [0.3, 0.4) is 0 Å². The number of hydrogen-bond donors (Lipinski definition) is 2. The second-order valence-corrected chi connectivity index (χ2v) is 5.81. The van der Waals surface area contributed by atoms with E-state index in [1.165, 1.54) is 12.1 Å². The Kier molecular flexibility index (Phi) is 5.21. The number of phenols is 1. The third-order valence-corrected chi connectivity index (χ3v) is 3.84. The zero-order valence-corrected chi connectivity index (χ0v) is 14.0. The number of carbonyl (C=O) groups is 1. The van der Waals surface area contributed by atoms with Crippen LogP contribution in [0, 0.1) is 0 Å². The maximum atomic E-state index is 12.6. The average Bonchev–Trinajstić information content (AvgIpc) is 2.64. The summed E-state index contributed by atoms with van der Waals surface area (Å²) in [4.78, 5) is 12.6. The lowest BCUT2D eigenvalue weighted by atomic mass is 10.1. The summed E-state index contributed by atoms with van der Waals surface area (Å²) in [6, 6.07) is 21.0. The normalized spacial score (nSPS) is 10.3. The molecule has 0 saturated heterocycles. The summed E-state index contributed by atoms with van der Waals surface area (Å²) in [5, 5.41) is 13.0. The van der Waals surface area contributed by atoms with Crippen molar-refractivity contribution in [3.63, 3.8) is 0 Å². The van der Waals surface area contributed by atoms with Crippen LogP contribution in [0.15, 0.2) is 72.8 Å². The van der Waals surface area contributed by atoms with Gasteiger partial charge >= 0.3 is 0 Å². The summed E-state index contributed by atoms with van der Waals surface area (Å²) < 4.78 is 5.73. The van der Waals surface area contributed by atoms with Crippen molar-refractivity contribution < 1.29 is 14.6 Å². The van der Waals surface area contributed by atoms with E-state index in [9.17, 15) is 9.90 Å². The number of phenolic OH excluding ortho intramolecular Hbond substituents is 1. The summed E-state index contributed by atoms with van der Waals surface area (Å²) in [5.74, 6) is 0.339. The van der Waals surface area contributed by atoms with Crippen LogP contribution < -0.4 is 10.1 Å². The number of aromatic hydroxyl groups is 1. The monoisotopic (exact) mass is 353 g/mol. The molecule has 0 fully saturated rings. The molecule has 0 aliphatic rings. The van der Waals surface area contributed by atoms with E-state index in [-0.39, 0.29) is 24.0 Å². The van der Waals surface area contributed by atoms with Crippen LogP contribution in [0.4, 0.5) is 5.69 Å². The highest BCUT2D eigenvalue weighted by molar-refractivity contribution is 6.31. The molecule has 0 aliphatic carbocycles. The largest absolute Gasteiger partial charge is 0.506 e. The Morgan fingerprint density at radius 3 is 2.52 bits per heavy atom. The molecule has 0 heterocycles. The molecular weight excluding hydrogens is 338 g/mol. The minimum absolute atomic E-state index is 0.0456. The number of halogens is 1. The third-order valence-electron chi connectivity index (χ3n) is 3.61. The van der Waals surface area contributed by atoms with E-state index in [4.69, 9.17) is 16.3 Å². The van der Waals surface area contributed by atoms with Gasteiger partial charge in [-0.1, -0.05) is 48.0 Å². The average molecular weight is 354 g/mol. The van der Waals surface area contributed by atoms with E-state index in [0.29, 0.717) is 10.6 Å². The molecule has 0 unspecified atom stereocenters. The fraction of sp³-hybridized carbons (Fsp3) is 0.0500. The fourth-order valence-electron chi connectivity index (χ4n) is 2.34. The van der Waals surface area contributed by atoms with Gasteiger partial charge in [-0.15, -0.1) is 0 Å². The SMILES string of the molecule is O=C(Nc1cc(Cl)ccc1O)c1ccccc1COc1ccccc1. The Labute approximate surface area is 150 Å². The van der Waals surface area contributed by atoms with Crippen LogP contribution in [0.25, 0.3) is 0 Å². The van der Waals surface area contributed by atoms with Crippen molar-refractivity contribution in [1.82, 2.24) is 0 Å². The van der Waals surface area contributed by atoms with Gasteiger partial charge in [0, 0.05) is 16.1 Å². The maximum absolute atomic E-state index is 12.6. The van der Waals surface area contributed by atoms with Crippen LogP contribution in [-0.2, 0) is 6.61 Å². The van der Waals surface area contributed by atoms with Crippen LogP contribution in [-0.4, -0.2) is 11.0 Å². The molecular formula is C20H16ClNO3. The molecule has 0 spiro atoms. The molecule has 2 N–H and O–H groups in total. The van der Waals surface area contributed by atoms with Gasteiger partial charge in [-0.25, -0.2) is 0 Å². The molecule has 0 saturated carbocycles. The van der Waals surface area contributed by atoms with Crippen molar-refractivity contribution in [2.45, 2.75) is 6.61 Å². The van der Waals surface area contributed by atoms with Gasteiger partial charge in [-0.3, -0.25) is 4.79 Å². The number of carbonyl (C=O) groups excluding carboxylic acids is 1. The van der Waals surface area contributed by atoms with E-state index in [0.717, 1.165) is 11.3 Å². The van der Waals surface area contributed by atoms with Crippen LogP contribution in [0.2, 0.25) is 5.02 Å². The van der Waals surface area contributed by atoms with Crippen LogP contribution >= 0.6 is 11.6 Å². The van der Waals surface area contributed by atoms with Gasteiger partial charge in [0.25, 0.3) is 5.91 Å². The molecule has 0 aliphatic heterocycles. The first-order valence-electron chi connectivity index (χ1n) is 7.69. The number of para-hydroxylation sites is 1. The van der Waals surface area contributed by atoms with Gasteiger partial charge in [0.2, 0.25) is 0 Å². The molecule has 4 nitrogen and oxygen atoms in total. The molecule has 25 heavy (non-hydrogen) atoms. The molecule has 0 bridgehead atoms. The Morgan fingerprint density at radius 2 is 1.72 bits per heavy atom. The first-order chi connectivity index (χ1) is 12.1. The second-order valence-electron chi connectivity index (χ2n) is 5.37. The molecule has 3 aromatic rings. The quantitative estimate of drug-likeness (QED) is 0.643. The zero-order chi connectivity index (χ0) is 17.6. The molecule has 0 atom stereocenters. The smallest absolute Gasteiger partial charge is 0.256 e. The molecule has 0 radical (unpaired) electrons.